The van der Waals surface area contributed by atoms with Crippen LogP contribution in [0, 0.1) is 5.92 Å². The third-order valence-electron chi connectivity index (χ3n) is 5.61. The van der Waals surface area contributed by atoms with Gasteiger partial charge in [0.1, 0.15) is 11.7 Å². The third-order valence-corrected chi connectivity index (χ3v) is 5.61. The number of aromatic nitrogens is 2. The van der Waals surface area contributed by atoms with Crippen LogP contribution < -0.4 is 11.1 Å². The van der Waals surface area contributed by atoms with E-state index in [1.807, 2.05) is 0 Å². The van der Waals surface area contributed by atoms with E-state index in [2.05, 4.69) is 15.3 Å². The van der Waals surface area contributed by atoms with Crippen molar-refractivity contribution in [2.45, 2.75) is 56.8 Å². The number of rotatable bonds is 5. The van der Waals surface area contributed by atoms with Crippen LogP contribution in [0.25, 0.3) is 0 Å². The number of hydrogen-bond donors (Lipinski definition) is 2. The molecule has 1 aromatic heterocycles. The Morgan fingerprint density at radius 1 is 1.12 bits per heavy atom. The molecular formula is C17H24FN5O2. The molecule has 3 fully saturated rings. The molecule has 2 heterocycles. The average Bonchev–Trinajstić information content (AvgIpc) is 3.33. The summed E-state index contributed by atoms with van der Waals surface area (Å²) in [7, 11) is 0. The lowest BCUT2D eigenvalue weighted by molar-refractivity contribution is -0.117. The Hall–Kier alpha value is -1.96. The van der Waals surface area contributed by atoms with Gasteiger partial charge in [0, 0.05) is 31.2 Å². The van der Waals surface area contributed by atoms with Crippen LogP contribution in [0.1, 0.15) is 54.9 Å². The zero-order valence-corrected chi connectivity index (χ0v) is 14.2. The van der Waals surface area contributed by atoms with Crippen LogP contribution in [0.4, 0.5) is 10.2 Å². The van der Waals surface area contributed by atoms with E-state index in [0.29, 0.717) is 19.1 Å². The number of amides is 2. The number of nitrogens with two attached hydrogens (primary N) is 1. The van der Waals surface area contributed by atoms with E-state index in [1.165, 1.54) is 0 Å². The highest BCUT2D eigenvalue weighted by molar-refractivity contribution is 6.02. The second kappa shape index (κ2) is 6.40. The van der Waals surface area contributed by atoms with Gasteiger partial charge in [-0.25, -0.2) is 4.39 Å². The Bertz CT molecular complexity index is 673. The van der Waals surface area contributed by atoms with Gasteiger partial charge in [0.25, 0.3) is 5.91 Å². The lowest BCUT2D eigenvalue weighted by Gasteiger charge is -2.43. The highest BCUT2D eigenvalue weighted by Crippen LogP contribution is 2.34. The lowest BCUT2D eigenvalue weighted by atomic mass is 9.88. The summed E-state index contributed by atoms with van der Waals surface area (Å²) >= 11 is 0. The lowest BCUT2D eigenvalue weighted by Crippen LogP contribution is -2.54. The van der Waals surface area contributed by atoms with Crippen molar-refractivity contribution in [3.63, 3.8) is 0 Å². The number of likely N-dealkylation sites (tertiary alicyclic amines) is 1. The predicted octanol–water partition coefficient (Wildman–Crippen LogP) is 1.47. The number of carbonyl (C=O) groups is 2. The minimum absolute atomic E-state index is 0.0390. The number of alkyl halides is 1. The Morgan fingerprint density at radius 3 is 2.32 bits per heavy atom. The summed E-state index contributed by atoms with van der Waals surface area (Å²) in [5.41, 5.74) is 5.70. The third kappa shape index (κ3) is 3.40. The first-order valence-corrected chi connectivity index (χ1v) is 9.09. The van der Waals surface area contributed by atoms with Crippen LogP contribution in [0.2, 0.25) is 0 Å². The van der Waals surface area contributed by atoms with Crippen LogP contribution >= 0.6 is 0 Å². The molecule has 0 spiro atoms. The van der Waals surface area contributed by atoms with Crippen LogP contribution in [-0.4, -0.2) is 51.8 Å². The highest BCUT2D eigenvalue weighted by atomic mass is 19.1. The molecule has 7 nitrogen and oxygen atoms in total. The minimum atomic E-state index is -0.667. The molecule has 0 aromatic carbocycles. The fourth-order valence-corrected chi connectivity index (χ4v) is 3.86. The molecular weight excluding hydrogens is 325 g/mol. The van der Waals surface area contributed by atoms with Crippen molar-refractivity contribution in [2.75, 3.05) is 18.4 Å². The first kappa shape index (κ1) is 16.5. The molecule has 1 saturated heterocycles. The van der Waals surface area contributed by atoms with Crippen LogP contribution in [-0.2, 0) is 4.79 Å². The van der Waals surface area contributed by atoms with Crippen molar-refractivity contribution in [1.82, 2.24) is 14.7 Å². The number of hydrogen-bond acceptors (Lipinski definition) is 4. The van der Waals surface area contributed by atoms with E-state index in [9.17, 15) is 14.0 Å². The van der Waals surface area contributed by atoms with Crippen molar-refractivity contribution >= 4 is 17.6 Å². The van der Waals surface area contributed by atoms with Gasteiger partial charge in [-0.3, -0.25) is 19.2 Å². The summed E-state index contributed by atoms with van der Waals surface area (Å²) < 4.78 is 14.8. The van der Waals surface area contributed by atoms with E-state index in [4.69, 9.17) is 5.73 Å². The molecule has 8 heteroatoms. The van der Waals surface area contributed by atoms with Gasteiger partial charge in [-0.2, -0.15) is 5.10 Å². The standard InChI is InChI=1S/C17H24FN5O2/c18-11-7-22(8-11)12-3-5-13(6-4-12)23-9-14(15(19)24)16(21-23)20-17(25)10-1-2-10/h9-13H,1-8H2,(H2,19,24)(H,20,21,25)/t12-,13-. The Balaban J connectivity index is 1.41. The number of nitrogens with zero attached hydrogens (tertiary/aromatic N) is 3. The second-order valence-corrected chi connectivity index (χ2v) is 7.51. The minimum Gasteiger partial charge on any atom is -0.365 e. The summed E-state index contributed by atoms with van der Waals surface area (Å²) in [6.07, 6.45) is 6.59. The molecule has 0 unspecified atom stereocenters. The first-order chi connectivity index (χ1) is 12.0. The van der Waals surface area contributed by atoms with Crippen molar-refractivity contribution < 1.29 is 14.0 Å². The largest absolute Gasteiger partial charge is 0.365 e. The quantitative estimate of drug-likeness (QED) is 0.842. The number of nitrogens with one attached hydrogen (secondary N) is 1. The zero-order chi connectivity index (χ0) is 17.6. The molecule has 2 aliphatic carbocycles. The molecule has 1 aromatic rings. The van der Waals surface area contributed by atoms with Gasteiger partial charge in [0.2, 0.25) is 5.91 Å². The molecule has 0 bridgehead atoms. The molecule has 4 rings (SSSR count). The normalized spacial score (nSPS) is 27.7. The van der Waals surface area contributed by atoms with Crippen molar-refractivity contribution in [1.29, 1.82) is 0 Å². The van der Waals surface area contributed by atoms with E-state index in [-0.39, 0.29) is 29.2 Å². The Labute approximate surface area is 145 Å². The summed E-state index contributed by atoms with van der Waals surface area (Å²) in [5.74, 6) is -0.359. The molecule has 2 amide bonds. The van der Waals surface area contributed by atoms with Gasteiger partial charge in [-0.15, -0.1) is 0 Å². The highest BCUT2D eigenvalue weighted by Gasteiger charge is 2.35. The molecule has 25 heavy (non-hydrogen) atoms. The fourth-order valence-electron chi connectivity index (χ4n) is 3.86. The summed E-state index contributed by atoms with van der Waals surface area (Å²) in [4.78, 5) is 25.9. The van der Waals surface area contributed by atoms with E-state index in [0.717, 1.165) is 38.5 Å². The monoisotopic (exact) mass is 349 g/mol. The Kier molecular flexibility index (Phi) is 4.23. The van der Waals surface area contributed by atoms with Gasteiger partial charge >= 0.3 is 0 Å². The number of anilines is 1. The summed E-state index contributed by atoms with van der Waals surface area (Å²) in [5, 5.41) is 7.17. The molecule has 0 atom stereocenters. The van der Waals surface area contributed by atoms with Crippen molar-refractivity contribution in [2.24, 2.45) is 11.7 Å². The maximum Gasteiger partial charge on any atom is 0.254 e. The van der Waals surface area contributed by atoms with Crippen molar-refractivity contribution in [3.8, 4) is 0 Å². The van der Waals surface area contributed by atoms with Crippen LogP contribution in [0.15, 0.2) is 6.20 Å². The topological polar surface area (TPSA) is 93.2 Å². The molecule has 2 saturated carbocycles. The van der Waals surface area contributed by atoms with Gasteiger partial charge in [-0.05, 0) is 38.5 Å². The van der Waals surface area contributed by atoms with Crippen LogP contribution in [0.3, 0.4) is 0 Å². The number of halogens is 1. The summed E-state index contributed by atoms with van der Waals surface area (Å²) in [6.45, 7) is 1.11. The zero-order valence-electron chi connectivity index (χ0n) is 14.2. The molecule has 3 aliphatic rings. The van der Waals surface area contributed by atoms with Gasteiger partial charge in [0.15, 0.2) is 5.82 Å². The predicted molar refractivity (Wildman–Crippen MR) is 89.9 cm³/mol. The molecule has 0 radical (unpaired) electrons. The van der Waals surface area contributed by atoms with Gasteiger partial charge in [-0.1, -0.05) is 0 Å². The summed E-state index contributed by atoms with van der Waals surface area (Å²) in [6, 6.07) is 0.631. The van der Waals surface area contributed by atoms with E-state index >= 15 is 0 Å². The SMILES string of the molecule is NC(=O)c1cn([C@H]2CC[C@H](N3CC(F)C3)CC2)nc1NC(=O)C1CC1. The average molecular weight is 349 g/mol. The van der Waals surface area contributed by atoms with Crippen molar-refractivity contribution in [3.05, 3.63) is 11.8 Å². The Morgan fingerprint density at radius 2 is 1.76 bits per heavy atom. The fraction of sp³-hybridized carbons (Fsp3) is 0.706. The molecule has 136 valence electrons. The van der Waals surface area contributed by atoms with E-state index in [1.54, 1.807) is 10.9 Å². The first-order valence-electron chi connectivity index (χ1n) is 9.09. The van der Waals surface area contributed by atoms with Crippen LogP contribution in [0.5, 0.6) is 0 Å². The molecule has 3 N–H and O–H groups in total. The second-order valence-electron chi connectivity index (χ2n) is 7.51. The maximum atomic E-state index is 13.0. The van der Waals surface area contributed by atoms with Gasteiger partial charge < -0.3 is 11.1 Å². The number of primary amides is 1. The molecule has 1 aliphatic heterocycles. The van der Waals surface area contributed by atoms with E-state index < -0.39 is 12.1 Å². The smallest absolute Gasteiger partial charge is 0.254 e. The van der Waals surface area contributed by atoms with Gasteiger partial charge in [0.05, 0.1) is 6.04 Å². The number of carbonyl (C=O) groups excluding carboxylic acids is 2. The maximum absolute atomic E-state index is 13.0.